The summed E-state index contributed by atoms with van der Waals surface area (Å²) in [6.07, 6.45) is -0.0249. The zero-order valence-corrected chi connectivity index (χ0v) is 12.4. The number of nitrogens with one attached hydrogen (secondary N) is 1. The van der Waals surface area contributed by atoms with Crippen LogP contribution in [-0.2, 0) is 6.54 Å². The summed E-state index contributed by atoms with van der Waals surface area (Å²) in [6, 6.07) is -0.0740. The van der Waals surface area contributed by atoms with E-state index >= 15 is 0 Å². The zero-order chi connectivity index (χ0) is 15.5. The predicted molar refractivity (Wildman–Crippen MR) is 75.2 cm³/mol. The average molecular weight is 302 g/mol. The third kappa shape index (κ3) is 4.84. The fourth-order valence-electron chi connectivity index (χ4n) is 2.13. The van der Waals surface area contributed by atoms with E-state index in [-0.39, 0.29) is 12.0 Å². The maximum atomic E-state index is 12.7. The van der Waals surface area contributed by atoms with E-state index in [0.29, 0.717) is 6.54 Å². The maximum Gasteiger partial charge on any atom is 0.406 e. The molecule has 1 fully saturated rings. The Bertz CT molecular complexity index is 472. The summed E-state index contributed by atoms with van der Waals surface area (Å²) in [7, 11) is 0. The van der Waals surface area contributed by atoms with Gasteiger partial charge in [-0.2, -0.15) is 13.2 Å². The molecule has 0 spiro atoms. The third-order valence-corrected chi connectivity index (χ3v) is 3.40. The molecule has 1 aromatic heterocycles. The van der Waals surface area contributed by atoms with Gasteiger partial charge in [-0.3, -0.25) is 0 Å². The van der Waals surface area contributed by atoms with Crippen molar-refractivity contribution in [2.45, 2.75) is 51.9 Å². The molecule has 2 rings (SSSR count). The van der Waals surface area contributed by atoms with Gasteiger partial charge in [0.1, 0.15) is 6.54 Å². The summed E-state index contributed by atoms with van der Waals surface area (Å²) in [5.74, 6) is 0.187. The summed E-state index contributed by atoms with van der Waals surface area (Å²) in [5, 5.41) is 3.24. The molecular weight excluding hydrogens is 281 g/mol. The van der Waals surface area contributed by atoms with Crippen LogP contribution in [0.15, 0.2) is 6.20 Å². The summed E-state index contributed by atoms with van der Waals surface area (Å²) < 4.78 is 38.0. The number of rotatable bonds is 7. The first kappa shape index (κ1) is 16.0. The topological polar surface area (TPSA) is 41.1 Å². The fourth-order valence-corrected chi connectivity index (χ4v) is 2.13. The Kier molecular flexibility index (Phi) is 5.03. The number of aryl methyl sites for hydroxylation is 1. The molecule has 0 amide bonds. The number of nitrogens with zero attached hydrogens (tertiary/aromatic N) is 3. The minimum Gasteiger partial charge on any atom is -0.329 e. The van der Waals surface area contributed by atoms with Crippen molar-refractivity contribution in [3.05, 3.63) is 17.5 Å². The minimum absolute atomic E-state index is 0.0740. The lowest BCUT2D eigenvalue weighted by Crippen LogP contribution is -2.37. The Morgan fingerprint density at radius 1 is 1.38 bits per heavy atom. The highest BCUT2D eigenvalue weighted by atomic mass is 19.4. The van der Waals surface area contributed by atoms with Crippen molar-refractivity contribution >= 4 is 5.95 Å². The van der Waals surface area contributed by atoms with E-state index < -0.39 is 12.7 Å². The highest BCUT2D eigenvalue weighted by Gasteiger charge is 2.39. The fraction of sp³-hybridized carbons (Fsp3) is 0.714. The molecule has 1 heterocycles. The second-order valence-electron chi connectivity index (χ2n) is 5.43. The van der Waals surface area contributed by atoms with Gasteiger partial charge in [0.05, 0.1) is 0 Å². The molecule has 1 N–H and O–H groups in total. The zero-order valence-electron chi connectivity index (χ0n) is 12.4. The van der Waals surface area contributed by atoms with Gasteiger partial charge in [0.25, 0.3) is 0 Å². The first-order chi connectivity index (χ1) is 9.90. The lowest BCUT2D eigenvalue weighted by Gasteiger charge is -2.24. The number of hydrogen-bond donors (Lipinski definition) is 1. The van der Waals surface area contributed by atoms with Crippen molar-refractivity contribution in [1.29, 1.82) is 0 Å². The molecule has 4 nitrogen and oxygen atoms in total. The standard InChI is InChI=1S/C14H21F3N4/c1-3-6-18-7-11-8-19-13(20-10(11)2)21(12-4-5-12)9-14(15,16)17/h8,12,18H,3-7,9H2,1-2H3. The lowest BCUT2D eigenvalue weighted by atomic mass is 10.2. The Labute approximate surface area is 122 Å². The van der Waals surface area contributed by atoms with E-state index in [0.717, 1.165) is 37.1 Å². The molecule has 0 aromatic carbocycles. The van der Waals surface area contributed by atoms with Gasteiger partial charge in [0.15, 0.2) is 0 Å². The smallest absolute Gasteiger partial charge is 0.329 e. The number of halogens is 3. The molecule has 21 heavy (non-hydrogen) atoms. The first-order valence-electron chi connectivity index (χ1n) is 7.27. The number of anilines is 1. The highest BCUT2D eigenvalue weighted by Crippen LogP contribution is 2.32. The van der Waals surface area contributed by atoms with E-state index in [1.807, 2.05) is 6.92 Å². The van der Waals surface area contributed by atoms with Crippen molar-refractivity contribution in [2.24, 2.45) is 0 Å². The molecule has 0 radical (unpaired) electrons. The van der Waals surface area contributed by atoms with Crippen LogP contribution in [0.2, 0.25) is 0 Å². The molecule has 1 saturated carbocycles. The van der Waals surface area contributed by atoms with E-state index in [9.17, 15) is 13.2 Å². The normalized spacial score (nSPS) is 15.3. The monoisotopic (exact) mass is 302 g/mol. The van der Waals surface area contributed by atoms with Gasteiger partial charge in [0.2, 0.25) is 5.95 Å². The third-order valence-electron chi connectivity index (χ3n) is 3.40. The molecule has 0 aliphatic heterocycles. The van der Waals surface area contributed by atoms with E-state index in [1.54, 1.807) is 6.20 Å². The summed E-state index contributed by atoms with van der Waals surface area (Å²) in [5.41, 5.74) is 1.66. The van der Waals surface area contributed by atoms with Crippen LogP contribution in [0.1, 0.15) is 37.4 Å². The second-order valence-corrected chi connectivity index (χ2v) is 5.43. The van der Waals surface area contributed by atoms with E-state index in [4.69, 9.17) is 0 Å². The molecule has 1 aliphatic rings. The van der Waals surface area contributed by atoms with Gasteiger partial charge in [0, 0.05) is 30.0 Å². The minimum atomic E-state index is -4.23. The van der Waals surface area contributed by atoms with Gasteiger partial charge in [-0.25, -0.2) is 9.97 Å². The van der Waals surface area contributed by atoms with Gasteiger partial charge in [-0.15, -0.1) is 0 Å². The Morgan fingerprint density at radius 3 is 2.62 bits per heavy atom. The van der Waals surface area contributed by atoms with Crippen LogP contribution in [0, 0.1) is 6.92 Å². The summed E-state index contributed by atoms with van der Waals surface area (Å²) in [6.45, 7) is 4.44. The van der Waals surface area contributed by atoms with Crippen LogP contribution in [0.25, 0.3) is 0 Å². The average Bonchev–Trinajstić information content (AvgIpc) is 3.21. The van der Waals surface area contributed by atoms with Gasteiger partial charge in [-0.05, 0) is 32.7 Å². The van der Waals surface area contributed by atoms with Crippen molar-refractivity contribution in [1.82, 2.24) is 15.3 Å². The van der Waals surface area contributed by atoms with Gasteiger partial charge < -0.3 is 10.2 Å². The number of alkyl halides is 3. The quantitative estimate of drug-likeness (QED) is 0.786. The van der Waals surface area contributed by atoms with Crippen LogP contribution >= 0.6 is 0 Å². The Balaban J connectivity index is 2.09. The molecule has 1 aliphatic carbocycles. The van der Waals surface area contributed by atoms with Crippen LogP contribution in [0.3, 0.4) is 0 Å². The molecule has 0 atom stereocenters. The Hall–Kier alpha value is -1.37. The van der Waals surface area contributed by atoms with E-state index in [1.165, 1.54) is 4.90 Å². The molecule has 0 bridgehead atoms. The summed E-state index contributed by atoms with van der Waals surface area (Å²) >= 11 is 0. The highest BCUT2D eigenvalue weighted by molar-refractivity contribution is 5.36. The summed E-state index contributed by atoms with van der Waals surface area (Å²) in [4.78, 5) is 9.69. The van der Waals surface area contributed by atoms with Crippen molar-refractivity contribution < 1.29 is 13.2 Å². The van der Waals surface area contributed by atoms with E-state index in [2.05, 4.69) is 22.2 Å². The lowest BCUT2D eigenvalue weighted by molar-refractivity contribution is -0.120. The maximum absolute atomic E-state index is 12.7. The molecule has 0 saturated heterocycles. The SMILES string of the molecule is CCCNCc1cnc(N(CC(F)(F)F)C2CC2)nc1C. The number of aromatic nitrogens is 2. The molecule has 1 aromatic rings. The van der Waals surface area contributed by atoms with Gasteiger partial charge in [-0.1, -0.05) is 6.92 Å². The predicted octanol–water partition coefficient (Wildman–Crippen LogP) is 2.82. The molecule has 0 unspecified atom stereocenters. The molecule has 7 heteroatoms. The molecular formula is C14H21F3N4. The van der Waals surface area contributed by atoms with Crippen LogP contribution in [0.5, 0.6) is 0 Å². The Morgan fingerprint density at radius 2 is 2.10 bits per heavy atom. The van der Waals surface area contributed by atoms with Crippen molar-refractivity contribution in [3.8, 4) is 0 Å². The van der Waals surface area contributed by atoms with Crippen molar-refractivity contribution in [2.75, 3.05) is 18.0 Å². The second kappa shape index (κ2) is 6.60. The molecule has 118 valence electrons. The van der Waals surface area contributed by atoms with Crippen LogP contribution < -0.4 is 10.2 Å². The number of hydrogen-bond acceptors (Lipinski definition) is 4. The van der Waals surface area contributed by atoms with Gasteiger partial charge >= 0.3 is 6.18 Å². The largest absolute Gasteiger partial charge is 0.406 e. The van der Waals surface area contributed by atoms with Crippen molar-refractivity contribution in [3.63, 3.8) is 0 Å². The first-order valence-corrected chi connectivity index (χ1v) is 7.27. The van der Waals surface area contributed by atoms with Crippen LogP contribution in [0.4, 0.5) is 19.1 Å². The van der Waals surface area contributed by atoms with Crippen LogP contribution in [-0.4, -0.2) is 35.3 Å².